The van der Waals surface area contributed by atoms with Crippen molar-refractivity contribution in [1.29, 1.82) is 0 Å². The summed E-state index contributed by atoms with van der Waals surface area (Å²) in [5, 5.41) is 12.4. The fraction of sp³-hybridized carbons (Fsp3) is 0.267. The minimum atomic E-state index is -0.922. The molecule has 1 aromatic heterocycles. The largest absolute Gasteiger partial charge is 0.478 e. The Hall–Kier alpha value is -1.33. The number of carboxylic acids is 1. The molecule has 1 heterocycles. The van der Waals surface area contributed by atoms with Gasteiger partial charge < -0.3 is 10.4 Å². The first-order valence-corrected chi connectivity index (χ1v) is 7.85. The first-order valence-electron chi connectivity index (χ1n) is 6.25. The molecule has 0 amide bonds. The van der Waals surface area contributed by atoms with Crippen LogP contribution in [0.25, 0.3) is 0 Å². The Morgan fingerprint density at radius 1 is 1.35 bits per heavy atom. The van der Waals surface area contributed by atoms with Crippen molar-refractivity contribution in [3.05, 3.63) is 49.6 Å². The fourth-order valence-electron chi connectivity index (χ4n) is 2.16. The Morgan fingerprint density at radius 2 is 2.05 bits per heavy atom. The maximum absolute atomic E-state index is 10.9. The van der Waals surface area contributed by atoms with E-state index in [1.165, 1.54) is 15.3 Å². The Bertz CT molecular complexity index is 651. The van der Waals surface area contributed by atoms with Gasteiger partial charge in [-0.15, -0.1) is 11.3 Å². The van der Waals surface area contributed by atoms with Crippen molar-refractivity contribution in [2.75, 3.05) is 5.32 Å². The summed E-state index contributed by atoms with van der Waals surface area (Å²) in [5.74, 6) is -0.922. The molecule has 3 nitrogen and oxygen atoms in total. The Labute approximate surface area is 130 Å². The Kier molecular flexibility index (Phi) is 4.50. The standard InChI is InChI=1S/C15H16BrNO2S/c1-8-6-12(10(3)20-8)9(2)17-14-5-4-11(15(18)19)7-13(14)16/h4-7,9,17H,1-3H3,(H,18,19). The van der Waals surface area contributed by atoms with Gasteiger partial charge in [-0.1, -0.05) is 0 Å². The molecule has 5 heteroatoms. The summed E-state index contributed by atoms with van der Waals surface area (Å²) in [5.41, 5.74) is 2.45. The number of carbonyl (C=O) groups is 1. The number of benzene rings is 1. The molecule has 0 fully saturated rings. The fourth-order valence-corrected chi connectivity index (χ4v) is 3.67. The molecule has 2 rings (SSSR count). The molecule has 106 valence electrons. The number of anilines is 1. The summed E-state index contributed by atoms with van der Waals surface area (Å²) in [4.78, 5) is 13.5. The lowest BCUT2D eigenvalue weighted by atomic mass is 10.1. The lowest BCUT2D eigenvalue weighted by Crippen LogP contribution is -2.08. The van der Waals surface area contributed by atoms with Crippen molar-refractivity contribution < 1.29 is 9.90 Å². The summed E-state index contributed by atoms with van der Waals surface area (Å²) >= 11 is 5.21. The van der Waals surface area contributed by atoms with E-state index in [9.17, 15) is 4.79 Å². The lowest BCUT2D eigenvalue weighted by molar-refractivity contribution is 0.0697. The molecule has 0 saturated carbocycles. The number of rotatable bonds is 4. The molecule has 1 atom stereocenters. The SMILES string of the molecule is Cc1cc(C(C)Nc2ccc(C(=O)O)cc2Br)c(C)s1. The minimum Gasteiger partial charge on any atom is -0.478 e. The quantitative estimate of drug-likeness (QED) is 0.812. The smallest absolute Gasteiger partial charge is 0.335 e. The van der Waals surface area contributed by atoms with Crippen LogP contribution >= 0.6 is 27.3 Å². The molecule has 0 spiro atoms. The number of aromatic carboxylic acids is 1. The molecule has 0 radical (unpaired) electrons. The maximum atomic E-state index is 10.9. The zero-order valence-electron chi connectivity index (χ0n) is 11.5. The highest BCUT2D eigenvalue weighted by Crippen LogP contribution is 2.31. The summed E-state index contributed by atoms with van der Waals surface area (Å²) in [6.07, 6.45) is 0. The second-order valence-electron chi connectivity index (χ2n) is 4.73. The number of thiophene rings is 1. The minimum absolute atomic E-state index is 0.173. The van der Waals surface area contributed by atoms with Gasteiger partial charge in [0.25, 0.3) is 0 Å². The van der Waals surface area contributed by atoms with Crippen LogP contribution in [0.4, 0.5) is 5.69 Å². The maximum Gasteiger partial charge on any atom is 0.335 e. The van der Waals surface area contributed by atoms with E-state index in [0.717, 1.165) is 10.2 Å². The van der Waals surface area contributed by atoms with Crippen molar-refractivity contribution in [3.8, 4) is 0 Å². The average Bonchev–Trinajstić information content (AvgIpc) is 2.70. The molecule has 2 aromatic rings. The van der Waals surface area contributed by atoms with Gasteiger partial charge >= 0.3 is 5.97 Å². The van der Waals surface area contributed by atoms with Crippen LogP contribution in [0.3, 0.4) is 0 Å². The third-order valence-corrected chi connectivity index (χ3v) is 4.77. The van der Waals surface area contributed by atoms with Gasteiger partial charge in [-0.25, -0.2) is 4.79 Å². The summed E-state index contributed by atoms with van der Waals surface area (Å²) in [6.45, 7) is 6.32. The van der Waals surface area contributed by atoms with Crippen molar-refractivity contribution >= 4 is 38.9 Å². The predicted molar refractivity (Wildman–Crippen MR) is 86.9 cm³/mol. The van der Waals surface area contributed by atoms with Crippen LogP contribution in [-0.2, 0) is 0 Å². The monoisotopic (exact) mass is 353 g/mol. The van der Waals surface area contributed by atoms with Gasteiger partial charge in [0.2, 0.25) is 0 Å². The van der Waals surface area contributed by atoms with Gasteiger partial charge in [0.1, 0.15) is 0 Å². The van der Waals surface area contributed by atoms with Gasteiger partial charge in [0.05, 0.1) is 5.56 Å². The molecule has 0 saturated heterocycles. The molecule has 2 N–H and O–H groups in total. The lowest BCUT2D eigenvalue weighted by Gasteiger charge is -2.17. The van der Waals surface area contributed by atoms with Crippen LogP contribution in [0.2, 0.25) is 0 Å². The van der Waals surface area contributed by atoms with Crippen LogP contribution in [0.5, 0.6) is 0 Å². The van der Waals surface area contributed by atoms with E-state index >= 15 is 0 Å². The van der Waals surface area contributed by atoms with E-state index in [2.05, 4.69) is 48.1 Å². The molecule has 1 unspecified atom stereocenters. The molecule has 0 aliphatic heterocycles. The zero-order valence-corrected chi connectivity index (χ0v) is 13.9. The molecule has 0 bridgehead atoms. The number of hydrogen-bond acceptors (Lipinski definition) is 3. The van der Waals surface area contributed by atoms with Crippen molar-refractivity contribution in [1.82, 2.24) is 0 Å². The van der Waals surface area contributed by atoms with E-state index < -0.39 is 5.97 Å². The number of nitrogens with one attached hydrogen (secondary N) is 1. The first kappa shape index (κ1) is 15.1. The molecular formula is C15H16BrNO2S. The molecule has 0 aliphatic rings. The number of carboxylic acid groups (broad SMARTS) is 1. The van der Waals surface area contributed by atoms with E-state index in [4.69, 9.17) is 5.11 Å². The van der Waals surface area contributed by atoms with E-state index in [0.29, 0.717) is 0 Å². The molecule has 1 aromatic carbocycles. The van der Waals surface area contributed by atoms with E-state index in [1.54, 1.807) is 29.5 Å². The Morgan fingerprint density at radius 3 is 2.55 bits per heavy atom. The second-order valence-corrected chi connectivity index (χ2v) is 7.05. The highest BCUT2D eigenvalue weighted by atomic mass is 79.9. The van der Waals surface area contributed by atoms with Gasteiger partial charge in [-0.3, -0.25) is 0 Å². The van der Waals surface area contributed by atoms with Gasteiger partial charge in [0, 0.05) is 26.0 Å². The molecular weight excluding hydrogens is 338 g/mol. The summed E-state index contributed by atoms with van der Waals surface area (Å²) in [7, 11) is 0. The molecule has 20 heavy (non-hydrogen) atoms. The van der Waals surface area contributed by atoms with Gasteiger partial charge in [-0.05, 0) is 66.5 Å². The third-order valence-electron chi connectivity index (χ3n) is 3.13. The highest BCUT2D eigenvalue weighted by molar-refractivity contribution is 9.10. The van der Waals surface area contributed by atoms with Gasteiger partial charge in [-0.2, -0.15) is 0 Å². The van der Waals surface area contributed by atoms with Crippen molar-refractivity contribution in [2.24, 2.45) is 0 Å². The summed E-state index contributed by atoms with van der Waals surface area (Å²) in [6, 6.07) is 7.37. The van der Waals surface area contributed by atoms with Crippen LogP contribution < -0.4 is 5.32 Å². The predicted octanol–water partition coefficient (Wildman–Crippen LogP) is 5.00. The van der Waals surface area contributed by atoms with Crippen molar-refractivity contribution in [2.45, 2.75) is 26.8 Å². The average molecular weight is 354 g/mol. The van der Waals surface area contributed by atoms with Crippen LogP contribution in [-0.4, -0.2) is 11.1 Å². The normalized spacial score (nSPS) is 12.2. The van der Waals surface area contributed by atoms with E-state index in [-0.39, 0.29) is 11.6 Å². The van der Waals surface area contributed by atoms with Crippen LogP contribution in [0.1, 0.15) is 38.6 Å². The van der Waals surface area contributed by atoms with Gasteiger partial charge in [0.15, 0.2) is 0 Å². The van der Waals surface area contributed by atoms with Crippen LogP contribution in [0.15, 0.2) is 28.7 Å². The highest BCUT2D eigenvalue weighted by Gasteiger charge is 2.13. The zero-order chi connectivity index (χ0) is 14.9. The number of hydrogen-bond donors (Lipinski definition) is 2. The number of aryl methyl sites for hydroxylation is 2. The summed E-state index contributed by atoms with van der Waals surface area (Å²) < 4.78 is 0.758. The Balaban J connectivity index is 2.22. The first-order chi connectivity index (χ1) is 9.38. The van der Waals surface area contributed by atoms with Crippen LogP contribution in [0, 0.1) is 13.8 Å². The topological polar surface area (TPSA) is 49.3 Å². The third kappa shape index (κ3) is 3.22. The second kappa shape index (κ2) is 5.97. The van der Waals surface area contributed by atoms with E-state index in [1.807, 2.05) is 0 Å². The number of halogens is 1. The molecule has 0 aliphatic carbocycles. The van der Waals surface area contributed by atoms with Crippen molar-refractivity contribution in [3.63, 3.8) is 0 Å².